The molecule has 1 fully saturated rings. The summed E-state index contributed by atoms with van der Waals surface area (Å²) in [6, 6.07) is 11.5. The van der Waals surface area contributed by atoms with Crippen LogP contribution in [0.2, 0.25) is 0 Å². The molecule has 0 saturated heterocycles. The summed E-state index contributed by atoms with van der Waals surface area (Å²) >= 11 is 3.00. The number of nitrogens with zero attached hydrogens (tertiary/aromatic N) is 3. The lowest BCUT2D eigenvalue weighted by molar-refractivity contribution is -0.113. The number of carbonyl (C=O) groups is 2. The van der Waals surface area contributed by atoms with E-state index in [1.54, 1.807) is 35.6 Å². The third-order valence-corrected chi connectivity index (χ3v) is 6.32. The number of amides is 2. The van der Waals surface area contributed by atoms with E-state index < -0.39 is 0 Å². The topological polar surface area (TPSA) is 88.9 Å². The van der Waals surface area contributed by atoms with Crippen molar-refractivity contribution in [1.82, 2.24) is 20.1 Å². The van der Waals surface area contributed by atoms with Crippen LogP contribution < -0.4 is 10.6 Å². The zero-order valence-electron chi connectivity index (χ0n) is 16.8. The summed E-state index contributed by atoms with van der Waals surface area (Å²) in [5, 5.41) is 17.2. The Hall–Kier alpha value is -2.65. The van der Waals surface area contributed by atoms with Gasteiger partial charge in [0.2, 0.25) is 5.91 Å². The maximum absolute atomic E-state index is 12.6. The third kappa shape index (κ3) is 4.73. The summed E-state index contributed by atoms with van der Waals surface area (Å²) in [5.41, 5.74) is 0.954. The van der Waals surface area contributed by atoms with E-state index in [1.807, 2.05) is 31.4 Å². The van der Waals surface area contributed by atoms with Crippen LogP contribution in [0.1, 0.15) is 43.1 Å². The molecule has 2 aromatic heterocycles. The van der Waals surface area contributed by atoms with E-state index in [-0.39, 0.29) is 23.6 Å². The fraction of sp³-hybridized carbons (Fsp3) is 0.333. The Bertz CT molecular complexity index is 1040. The lowest BCUT2D eigenvalue weighted by Gasteiger charge is -2.13. The predicted molar refractivity (Wildman–Crippen MR) is 120 cm³/mol. The first-order valence-electron chi connectivity index (χ1n) is 9.84. The number of aromatic nitrogens is 3. The van der Waals surface area contributed by atoms with Crippen molar-refractivity contribution in [3.63, 3.8) is 0 Å². The molecule has 2 amide bonds. The van der Waals surface area contributed by atoms with Crippen molar-refractivity contribution in [3.05, 3.63) is 47.3 Å². The lowest BCUT2D eigenvalue weighted by Crippen LogP contribution is -2.31. The van der Waals surface area contributed by atoms with Gasteiger partial charge < -0.3 is 10.6 Å². The molecule has 1 aliphatic rings. The summed E-state index contributed by atoms with van der Waals surface area (Å²) in [6.07, 6.45) is 2.21. The number of benzene rings is 1. The number of thiophene rings is 1. The van der Waals surface area contributed by atoms with Crippen LogP contribution >= 0.6 is 23.1 Å². The largest absolute Gasteiger partial charge is 0.350 e. The number of carbonyl (C=O) groups excluding carboxylic acids is 2. The number of nitrogens with one attached hydrogen (secondary N) is 2. The van der Waals surface area contributed by atoms with Crippen molar-refractivity contribution >= 4 is 40.6 Å². The van der Waals surface area contributed by atoms with Gasteiger partial charge in [-0.2, -0.15) is 0 Å². The van der Waals surface area contributed by atoms with Crippen molar-refractivity contribution in [1.29, 1.82) is 0 Å². The van der Waals surface area contributed by atoms with Gasteiger partial charge in [0.25, 0.3) is 5.91 Å². The van der Waals surface area contributed by atoms with E-state index in [0.29, 0.717) is 17.3 Å². The van der Waals surface area contributed by atoms with Crippen LogP contribution in [0.25, 0.3) is 10.7 Å². The molecule has 1 aliphatic carbocycles. The minimum atomic E-state index is -0.206. The molecule has 2 heterocycles. The number of para-hydroxylation sites is 1. The quantitative estimate of drug-likeness (QED) is 0.511. The molecule has 0 bridgehead atoms. The van der Waals surface area contributed by atoms with E-state index in [4.69, 9.17) is 0 Å². The zero-order chi connectivity index (χ0) is 21.1. The Labute approximate surface area is 183 Å². The van der Waals surface area contributed by atoms with Gasteiger partial charge in [-0.05, 0) is 50.3 Å². The van der Waals surface area contributed by atoms with Crippen LogP contribution in [0.15, 0.2) is 46.9 Å². The van der Waals surface area contributed by atoms with Crippen molar-refractivity contribution in [2.24, 2.45) is 0 Å². The number of thioether (sulfide) groups is 1. The molecule has 2 N–H and O–H groups in total. The number of anilines is 1. The average molecular weight is 442 g/mol. The molecule has 3 aromatic rings. The first kappa shape index (κ1) is 20.6. The molecule has 30 heavy (non-hydrogen) atoms. The third-order valence-electron chi connectivity index (χ3n) is 4.52. The van der Waals surface area contributed by atoms with Gasteiger partial charge in [0, 0.05) is 12.1 Å². The highest BCUT2D eigenvalue weighted by Gasteiger charge is 2.30. The molecule has 0 aliphatic heterocycles. The first-order valence-corrected chi connectivity index (χ1v) is 11.7. The van der Waals surface area contributed by atoms with E-state index in [1.165, 1.54) is 11.8 Å². The Kier molecular flexibility index (Phi) is 6.19. The molecule has 4 rings (SSSR count). The number of hydrogen-bond donors (Lipinski definition) is 2. The smallest absolute Gasteiger partial charge is 0.253 e. The molecule has 0 radical (unpaired) electrons. The highest BCUT2D eigenvalue weighted by molar-refractivity contribution is 7.99. The minimum absolute atomic E-state index is 0.0168. The highest BCUT2D eigenvalue weighted by atomic mass is 32.2. The van der Waals surface area contributed by atoms with Crippen molar-refractivity contribution in [2.45, 2.75) is 43.9 Å². The number of hydrogen-bond acceptors (Lipinski definition) is 6. The fourth-order valence-corrected chi connectivity index (χ4v) is 4.57. The highest BCUT2D eigenvalue weighted by Crippen LogP contribution is 2.41. The molecule has 0 spiro atoms. The summed E-state index contributed by atoms with van der Waals surface area (Å²) in [6.45, 7) is 3.80. The van der Waals surface area contributed by atoms with E-state index in [0.717, 1.165) is 28.7 Å². The second-order valence-corrected chi connectivity index (χ2v) is 9.29. The standard InChI is InChI=1S/C21H23N5O2S2/c1-13(2)22-20(28)15-6-3-4-7-16(15)23-18(27)12-30-21-25-24-19(17-8-5-11-29-17)26(21)14-9-10-14/h3-8,11,13-14H,9-10,12H2,1-2H3,(H,22,28)(H,23,27). The van der Waals surface area contributed by atoms with Gasteiger partial charge in [0.1, 0.15) is 0 Å². The molecular weight excluding hydrogens is 418 g/mol. The molecule has 156 valence electrons. The monoisotopic (exact) mass is 441 g/mol. The van der Waals surface area contributed by atoms with Crippen LogP contribution in [0.4, 0.5) is 5.69 Å². The Morgan fingerprint density at radius 2 is 2.00 bits per heavy atom. The molecule has 0 atom stereocenters. The van der Waals surface area contributed by atoms with E-state index >= 15 is 0 Å². The minimum Gasteiger partial charge on any atom is -0.350 e. The second-order valence-electron chi connectivity index (χ2n) is 7.40. The average Bonchev–Trinajstić information content (AvgIpc) is 3.23. The second kappa shape index (κ2) is 9.01. The predicted octanol–water partition coefficient (Wildman–Crippen LogP) is 4.21. The summed E-state index contributed by atoms with van der Waals surface area (Å²) in [5.74, 6) is 0.664. The summed E-state index contributed by atoms with van der Waals surface area (Å²) < 4.78 is 2.15. The molecular formula is C21H23N5O2S2. The lowest BCUT2D eigenvalue weighted by atomic mass is 10.1. The van der Waals surface area contributed by atoms with Crippen molar-refractivity contribution in [2.75, 3.05) is 11.1 Å². The van der Waals surface area contributed by atoms with Crippen LogP contribution in [-0.2, 0) is 4.79 Å². The van der Waals surface area contributed by atoms with E-state index in [9.17, 15) is 9.59 Å². The summed E-state index contributed by atoms with van der Waals surface area (Å²) in [7, 11) is 0. The molecule has 7 nitrogen and oxygen atoms in total. The Balaban J connectivity index is 1.44. The van der Waals surface area contributed by atoms with Crippen LogP contribution in [0.5, 0.6) is 0 Å². The van der Waals surface area contributed by atoms with Gasteiger partial charge in [0.05, 0.1) is 21.9 Å². The van der Waals surface area contributed by atoms with Gasteiger partial charge in [-0.25, -0.2) is 0 Å². The Morgan fingerprint density at radius 1 is 1.20 bits per heavy atom. The van der Waals surface area contributed by atoms with Crippen molar-refractivity contribution < 1.29 is 9.59 Å². The zero-order valence-corrected chi connectivity index (χ0v) is 18.4. The fourth-order valence-electron chi connectivity index (χ4n) is 3.06. The van der Waals surface area contributed by atoms with Gasteiger partial charge >= 0.3 is 0 Å². The first-order chi connectivity index (χ1) is 14.5. The molecule has 1 saturated carbocycles. The maximum Gasteiger partial charge on any atom is 0.253 e. The van der Waals surface area contributed by atoms with Gasteiger partial charge in [0.15, 0.2) is 11.0 Å². The van der Waals surface area contributed by atoms with Crippen LogP contribution in [0.3, 0.4) is 0 Å². The van der Waals surface area contributed by atoms with Crippen LogP contribution in [-0.4, -0.2) is 38.4 Å². The summed E-state index contributed by atoms with van der Waals surface area (Å²) in [4.78, 5) is 26.1. The molecule has 0 unspecified atom stereocenters. The number of rotatable bonds is 8. The SMILES string of the molecule is CC(C)NC(=O)c1ccccc1NC(=O)CSc1nnc(-c2cccs2)n1C1CC1. The van der Waals surface area contributed by atoms with Gasteiger partial charge in [-0.15, -0.1) is 21.5 Å². The normalized spacial score (nSPS) is 13.4. The van der Waals surface area contributed by atoms with Gasteiger partial charge in [-0.3, -0.25) is 14.2 Å². The Morgan fingerprint density at radius 3 is 2.70 bits per heavy atom. The maximum atomic E-state index is 12.6. The van der Waals surface area contributed by atoms with E-state index in [2.05, 4.69) is 25.4 Å². The molecule has 1 aromatic carbocycles. The van der Waals surface area contributed by atoms with Crippen LogP contribution in [0, 0.1) is 0 Å². The molecule has 9 heteroatoms. The van der Waals surface area contributed by atoms with Crippen molar-refractivity contribution in [3.8, 4) is 10.7 Å². The van der Waals surface area contributed by atoms with Gasteiger partial charge in [-0.1, -0.05) is 30.0 Å².